The lowest BCUT2D eigenvalue weighted by Gasteiger charge is -2.17. The Morgan fingerprint density at radius 1 is 0.591 bits per heavy atom. The van der Waals surface area contributed by atoms with Crippen molar-refractivity contribution in [1.82, 2.24) is 0 Å². The molecular weight excluding hydrogens is 264 g/mol. The molecular formula is C22H45. The van der Waals surface area contributed by atoms with Crippen molar-refractivity contribution in [2.45, 2.75) is 130 Å². The smallest absolute Gasteiger partial charge is 0.0246 e. The van der Waals surface area contributed by atoms with E-state index in [1.54, 1.807) is 5.92 Å². The maximum absolute atomic E-state index is 2.40. The lowest BCUT2D eigenvalue weighted by atomic mass is 9.89. The van der Waals surface area contributed by atoms with Gasteiger partial charge in [-0.15, -0.1) is 0 Å². The van der Waals surface area contributed by atoms with E-state index >= 15 is 0 Å². The van der Waals surface area contributed by atoms with Gasteiger partial charge in [-0.1, -0.05) is 124 Å². The largest absolute Gasteiger partial charge is 0.0654 e. The molecule has 1 unspecified atom stereocenters. The average Bonchev–Trinajstić information content (AvgIpc) is 2.54. The molecule has 0 bridgehead atoms. The molecule has 22 heavy (non-hydrogen) atoms. The van der Waals surface area contributed by atoms with E-state index in [9.17, 15) is 0 Å². The Hall–Kier alpha value is 0. The maximum Gasteiger partial charge on any atom is -0.0246 e. The zero-order chi connectivity index (χ0) is 16.5. The van der Waals surface area contributed by atoms with Crippen molar-refractivity contribution < 1.29 is 0 Å². The summed E-state index contributed by atoms with van der Waals surface area (Å²) < 4.78 is 0. The molecule has 0 N–H and O–H groups in total. The van der Waals surface area contributed by atoms with Crippen molar-refractivity contribution in [1.29, 1.82) is 0 Å². The van der Waals surface area contributed by atoms with Gasteiger partial charge in [-0.2, -0.15) is 0 Å². The van der Waals surface area contributed by atoms with Crippen molar-refractivity contribution in [3.63, 3.8) is 0 Å². The predicted octanol–water partition coefficient (Wildman–Crippen LogP) is 8.50. The second kappa shape index (κ2) is 17.4. The molecule has 0 saturated carbocycles. The first-order valence-electron chi connectivity index (χ1n) is 10.5. The minimum absolute atomic E-state index is 0.849. The highest BCUT2D eigenvalue weighted by molar-refractivity contribution is 4.87. The summed E-state index contributed by atoms with van der Waals surface area (Å²) in [6.07, 6.45) is 23.1. The topological polar surface area (TPSA) is 0 Å². The van der Waals surface area contributed by atoms with E-state index in [-0.39, 0.29) is 0 Å². The molecule has 0 aromatic heterocycles. The number of hydrogen-bond donors (Lipinski definition) is 0. The highest BCUT2D eigenvalue weighted by atomic mass is 14.1. The van der Waals surface area contributed by atoms with E-state index in [2.05, 4.69) is 27.7 Å². The van der Waals surface area contributed by atoms with Crippen LogP contribution >= 0.6 is 0 Å². The molecule has 0 amide bonds. The molecule has 133 valence electrons. The molecule has 0 heterocycles. The van der Waals surface area contributed by atoms with E-state index in [0.29, 0.717) is 0 Å². The lowest BCUT2D eigenvalue weighted by Crippen LogP contribution is -2.04. The van der Waals surface area contributed by atoms with E-state index in [1.807, 2.05) is 0 Å². The third-order valence-electron chi connectivity index (χ3n) is 5.39. The predicted molar refractivity (Wildman–Crippen MR) is 103 cm³/mol. The molecule has 1 radical (unpaired) electrons. The van der Waals surface area contributed by atoms with E-state index in [0.717, 1.165) is 5.92 Å². The van der Waals surface area contributed by atoms with Crippen LogP contribution in [0.15, 0.2) is 0 Å². The van der Waals surface area contributed by atoms with Crippen molar-refractivity contribution in [2.24, 2.45) is 5.92 Å². The summed E-state index contributed by atoms with van der Waals surface area (Å²) in [5.74, 6) is 2.54. The van der Waals surface area contributed by atoms with Crippen LogP contribution in [0, 0.1) is 11.8 Å². The number of unbranched alkanes of at least 4 members (excludes halogenated alkanes) is 13. The first kappa shape index (κ1) is 22.0. The van der Waals surface area contributed by atoms with Gasteiger partial charge in [0.25, 0.3) is 0 Å². The summed E-state index contributed by atoms with van der Waals surface area (Å²) in [5, 5.41) is 0. The minimum Gasteiger partial charge on any atom is -0.0654 e. The van der Waals surface area contributed by atoms with Crippen LogP contribution in [0.2, 0.25) is 0 Å². The molecule has 0 nitrogen and oxygen atoms in total. The Morgan fingerprint density at radius 3 is 1.32 bits per heavy atom. The van der Waals surface area contributed by atoms with Crippen LogP contribution in [0.1, 0.15) is 130 Å². The van der Waals surface area contributed by atoms with E-state index in [4.69, 9.17) is 0 Å². The number of rotatable bonds is 17. The van der Waals surface area contributed by atoms with Gasteiger partial charge in [-0.05, 0) is 18.3 Å². The summed E-state index contributed by atoms with van der Waals surface area (Å²) >= 11 is 0. The molecule has 0 aliphatic rings. The second-order valence-electron chi connectivity index (χ2n) is 7.49. The Bertz CT molecular complexity index is 196. The standard InChI is InChI=1S/C22H45/c1-5-7-8-9-10-11-12-13-14-15-16-17-18-19-20-22(4)21(3)6-2/h22H,5-20H2,1-4H3. The molecule has 0 aromatic carbocycles. The van der Waals surface area contributed by atoms with Crippen molar-refractivity contribution in [2.75, 3.05) is 0 Å². The zero-order valence-electron chi connectivity index (χ0n) is 16.4. The van der Waals surface area contributed by atoms with Gasteiger partial charge < -0.3 is 0 Å². The highest BCUT2D eigenvalue weighted by Crippen LogP contribution is 2.23. The van der Waals surface area contributed by atoms with Gasteiger partial charge in [0.2, 0.25) is 0 Å². The van der Waals surface area contributed by atoms with E-state index < -0.39 is 0 Å². The average molecular weight is 310 g/mol. The molecule has 0 aliphatic carbocycles. The maximum atomic E-state index is 2.40. The molecule has 0 spiro atoms. The van der Waals surface area contributed by atoms with Gasteiger partial charge in [0, 0.05) is 0 Å². The van der Waals surface area contributed by atoms with Crippen LogP contribution in [0.25, 0.3) is 0 Å². The van der Waals surface area contributed by atoms with Crippen LogP contribution in [0.4, 0.5) is 0 Å². The van der Waals surface area contributed by atoms with Crippen LogP contribution in [0.3, 0.4) is 0 Å². The minimum atomic E-state index is 0.849. The van der Waals surface area contributed by atoms with Crippen molar-refractivity contribution in [3.05, 3.63) is 5.92 Å². The van der Waals surface area contributed by atoms with Gasteiger partial charge in [-0.3, -0.25) is 0 Å². The molecule has 0 saturated heterocycles. The molecule has 0 rings (SSSR count). The van der Waals surface area contributed by atoms with E-state index in [1.165, 1.54) is 103 Å². The Kier molecular flexibility index (Phi) is 17.4. The first-order valence-corrected chi connectivity index (χ1v) is 10.5. The van der Waals surface area contributed by atoms with Gasteiger partial charge in [0.05, 0.1) is 0 Å². The Balaban J connectivity index is 3.08. The summed E-state index contributed by atoms with van der Waals surface area (Å²) in [7, 11) is 0. The molecule has 0 aliphatic heterocycles. The first-order chi connectivity index (χ1) is 10.7. The zero-order valence-corrected chi connectivity index (χ0v) is 16.4. The van der Waals surface area contributed by atoms with Gasteiger partial charge in [0.15, 0.2) is 0 Å². The Labute approximate surface area is 142 Å². The highest BCUT2D eigenvalue weighted by Gasteiger charge is 2.09. The van der Waals surface area contributed by atoms with Crippen molar-refractivity contribution >= 4 is 0 Å². The van der Waals surface area contributed by atoms with Gasteiger partial charge >= 0.3 is 0 Å². The quantitative estimate of drug-likeness (QED) is 0.236. The van der Waals surface area contributed by atoms with Crippen LogP contribution in [-0.4, -0.2) is 0 Å². The Morgan fingerprint density at radius 2 is 0.955 bits per heavy atom. The summed E-state index contributed by atoms with van der Waals surface area (Å²) in [6.45, 7) is 9.32. The summed E-state index contributed by atoms with van der Waals surface area (Å²) in [6, 6.07) is 0. The number of hydrogen-bond acceptors (Lipinski definition) is 0. The molecule has 0 fully saturated rings. The van der Waals surface area contributed by atoms with Crippen LogP contribution < -0.4 is 0 Å². The fourth-order valence-corrected chi connectivity index (χ4v) is 3.24. The summed E-state index contributed by atoms with van der Waals surface area (Å²) in [4.78, 5) is 0. The third-order valence-corrected chi connectivity index (χ3v) is 5.39. The fraction of sp³-hybridized carbons (Fsp3) is 0.955. The monoisotopic (exact) mass is 309 g/mol. The second-order valence-corrected chi connectivity index (χ2v) is 7.49. The lowest BCUT2D eigenvalue weighted by molar-refractivity contribution is 0.477. The molecule has 0 heteroatoms. The fourth-order valence-electron chi connectivity index (χ4n) is 3.24. The summed E-state index contributed by atoms with van der Waals surface area (Å²) in [5.41, 5.74) is 0. The van der Waals surface area contributed by atoms with Crippen molar-refractivity contribution in [3.8, 4) is 0 Å². The van der Waals surface area contributed by atoms with Gasteiger partial charge in [0.1, 0.15) is 0 Å². The van der Waals surface area contributed by atoms with Crippen LogP contribution in [0.5, 0.6) is 0 Å². The van der Waals surface area contributed by atoms with Crippen LogP contribution in [-0.2, 0) is 0 Å². The molecule has 0 aromatic rings. The normalized spacial score (nSPS) is 13.0. The third kappa shape index (κ3) is 14.9. The molecule has 1 atom stereocenters. The SMILES string of the molecule is CCCCCCCCCCCCCCCCC(C)[C](C)CC. The van der Waals surface area contributed by atoms with Gasteiger partial charge in [-0.25, -0.2) is 0 Å².